The molecule has 0 saturated carbocycles. The first-order valence-electron chi connectivity index (χ1n) is 6.91. The van der Waals surface area contributed by atoms with Crippen molar-refractivity contribution in [1.29, 1.82) is 0 Å². The molecule has 0 fully saturated rings. The van der Waals surface area contributed by atoms with Crippen LogP contribution >= 0.6 is 11.8 Å². The Hall–Kier alpha value is -1.98. The van der Waals surface area contributed by atoms with Crippen molar-refractivity contribution in [3.63, 3.8) is 0 Å². The number of nitrogens with one attached hydrogen (secondary N) is 1. The topological polar surface area (TPSA) is 58.6 Å². The van der Waals surface area contributed by atoms with E-state index in [0.29, 0.717) is 5.75 Å². The predicted octanol–water partition coefficient (Wildman–Crippen LogP) is 3.06. The summed E-state index contributed by atoms with van der Waals surface area (Å²) in [7, 11) is 1.61. The zero-order valence-corrected chi connectivity index (χ0v) is 13.2. The van der Waals surface area contributed by atoms with Gasteiger partial charge in [0.1, 0.15) is 5.75 Å². The normalized spacial score (nSPS) is 10.3. The van der Waals surface area contributed by atoms with Gasteiger partial charge in [0, 0.05) is 11.4 Å². The molecule has 2 rings (SSSR count). The molecule has 5 heteroatoms. The average molecular weight is 317 g/mol. The van der Waals surface area contributed by atoms with E-state index >= 15 is 0 Å². The maximum atomic E-state index is 11.9. The summed E-state index contributed by atoms with van der Waals surface area (Å²) < 4.78 is 5.07. The Morgan fingerprint density at radius 1 is 1.18 bits per heavy atom. The number of aliphatic hydroxyl groups is 1. The first kappa shape index (κ1) is 16.4. The molecule has 2 N–H and O–H groups in total. The van der Waals surface area contributed by atoms with Crippen molar-refractivity contribution < 1.29 is 14.6 Å². The zero-order valence-electron chi connectivity index (χ0n) is 12.4. The molecule has 0 aliphatic heterocycles. The summed E-state index contributed by atoms with van der Waals surface area (Å²) in [5.41, 5.74) is 2.75. The van der Waals surface area contributed by atoms with Gasteiger partial charge < -0.3 is 15.2 Å². The minimum Gasteiger partial charge on any atom is -0.497 e. The third kappa shape index (κ3) is 5.09. The Bertz CT molecular complexity index is 614. The lowest BCUT2D eigenvalue weighted by Gasteiger charge is -2.07. The molecule has 0 spiro atoms. The average Bonchev–Trinajstić information content (AvgIpc) is 2.56. The van der Waals surface area contributed by atoms with Gasteiger partial charge in [0.15, 0.2) is 0 Å². The predicted molar refractivity (Wildman–Crippen MR) is 90.2 cm³/mol. The lowest BCUT2D eigenvalue weighted by molar-refractivity contribution is -0.113. The van der Waals surface area contributed by atoms with Gasteiger partial charge in [-0.1, -0.05) is 24.3 Å². The molecule has 22 heavy (non-hydrogen) atoms. The summed E-state index contributed by atoms with van der Waals surface area (Å²) >= 11 is 1.54. The van der Waals surface area contributed by atoms with Crippen LogP contribution in [-0.2, 0) is 17.2 Å². The van der Waals surface area contributed by atoms with Gasteiger partial charge in [-0.3, -0.25) is 4.79 Å². The van der Waals surface area contributed by atoms with Gasteiger partial charge in [-0.2, -0.15) is 0 Å². The number of methoxy groups -OCH3 is 1. The monoisotopic (exact) mass is 317 g/mol. The van der Waals surface area contributed by atoms with Crippen molar-refractivity contribution in [1.82, 2.24) is 0 Å². The van der Waals surface area contributed by atoms with Crippen molar-refractivity contribution in [2.45, 2.75) is 12.4 Å². The van der Waals surface area contributed by atoms with Crippen molar-refractivity contribution in [2.24, 2.45) is 0 Å². The molecule has 0 radical (unpaired) electrons. The smallest absolute Gasteiger partial charge is 0.234 e. The molecule has 0 saturated heterocycles. The van der Waals surface area contributed by atoms with Crippen molar-refractivity contribution in [2.75, 3.05) is 18.2 Å². The molecule has 1 amide bonds. The van der Waals surface area contributed by atoms with Crippen LogP contribution in [0, 0.1) is 0 Å². The standard InChI is InChI=1S/C17H19NO3S/c1-21-16-7-5-15(6-8-16)18-17(20)12-22-11-14-4-2-3-13(9-14)10-19/h2-9,19H,10-12H2,1H3,(H,18,20). The van der Waals surface area contributed by atoms with Gasteiger partial charge in [0.25, 0.3) is 0 Å². The number of carbonyl (C=O) groups is 1. The summed E-state index contributed by atoms with van der Waals surface area (Å²) in [6.07, 6.45) is 0. The fourth-order valence-electron chi connectivity index (χ4n) is 1.95. The Morgan fingerprint density at radius 3 is 2.59 bits per heavy atom. The quantitative estimate of drug-likeness (QED) is 0.824. The summed E-state index contributed by atoms with van der Waals surface area (Å²) in [5.74, 6) is 1.85. The second-order valence-electron chi connectivity index (χ2n) is 4.75. The molecule has 2 aromatic carbocycles. The van der Waals surface area contributed by atoms with E-state index < -0.39 is 0 Å². The number of thioether (sulfide) groups is 1. The maximum Gasteiger partial charge on any atom is 0.234 e. The molecule has 0 heterocycles. The number of hydrogen-bond donors (Lipinski definition) is 2. The van der Waals surface area contributed by atoms with E-state index in [1.807, 2.05) is 48.5 Å². The van der Waals surface area contributed by atoms with Crippen LogP contribution in [0.25, 0.3) is 0 Å². The molecular formula is C17H19NO3S. The maximum absolute atomic E-state index is 11.9. The number of aliphatic hydroxyl groups excluding tert-OH is 1. The van der Waals surface area contributed by atoms with E-state index in [9.17, 15) is 4.79 Å². The molecule has 0 aliphatic rings. The van der Waals surface area contributed by atoms with Crippen LogP contribution in [0.3, 0.4) is 0 Å². The number of rotatable bonds is 7. The lowest BCUT2D eigenvalue weighted by Crippen LogP contribution is -2.14. The Morgan fingerprint density at radius 2 is 1.91 bits per heavy atom. The second kappa shape index (κ2) is 8.46. The van der Waals surface area contributed by atoms with E-state index in [-0.39, 0.29) is 12.5 Å². The Balaban J connectivity index is 1.77. The molecule has 0 unspecified atom stereocenters. The second-order valence-corrected chi connectivity index (χ2v) is 5.73. The van der Waals surface area contributed by atoms with Gasteiger partial charge >= 0.3 is 0 Å². The van der Waals surface area contributed by atoms with Gasteiger partial charge in [-0.25, -0.2) is 0 Å². The summed E-state index contributed by atoms with van der Waals surface area (Å²) in [6.45, 7) is 0.0382. The van der Waals surface area contributed by atoms with Gasteiger partial charge in [-0.05, 0) is 35.4 Å². The lowest BCUT2D eigenvalue weighted by atomic mass is 10.1. The van der Waals surface area contributed by atoms with Crippen molar-refractivity contribution in [3.05, 3.63) is 59.7 Å². The largest absolute Gasteiger partial charge is 0.497 e. The van der Waals surface area contributed by atoms with Crippen LogP contribution < -0.4 is 10.1 Å². The van der Waals surface area contributed by atoms with Gasteiger partial charge in [0.05, 0.1) is 19.5 Å². The van der Waals surface area contributed by atoms with Crippen LogP contribution in [0.2, 0.25) is 0 Å². The zero-order chi connectivity index (χ0) is 15.8. The first-order chi connectivity index (χ1) is 10.7. The molecule has 0 aromatic heterocycles. The van der Waals surface area contributed by atoms with Gasteiger partial charge in [-0.15, -0.1) is 11.8 Å². The van der Waals surface area contributed by atoms with E-state index in [0.717, 1.165) is 28.3 Å². The highest BCUT2D eigenvalue weighted by Gasteiger charge is 2.04. The third-order valence-electron chi connectivity index (χ3n) is 3.05. The van der Waals surface area contributed by atoms with E-state index in [1.54, 1.807) is 18.9 Å². The molecule has 116 valence electrons. The van der Waals surface area contributed by atoms with Crippen molar-refractivity contribution in [3.8, 4) is 5.75 Å². The number of amides is 1. The molecule has 2 aromatic rings. The minimum absolute atomic E-state index is 0.0338. The third-order valence-corrected chi connectivity index (χ3v) is 4.05. The molecule has 0 bridgehead atoms. The number of carbonyl (C=O) groups excluding carboxylic acids is 1. The Kier molecular flexibility index (Phi) is 6.30. The fraction of sp³-hybridized carbons (Fsp3) is 0.235. The molecule has 0 aliphatic carbocycles. The number of anilines is 1. The number of ether oxygens (including phenoxy) is 1. The Labute approximate surface area is 134 Å². The molecule has 0 atom stereocenters. The minimum atomic E-state index is -0.0338. The number of benzene rings is 2. The summed E-state index contributed by atoms with van der Waals surface area (Å²) in [6, 6.07) is 15.0. The highest BCUT2D eigenvalue weighted by atomic mass is 32.2. The van der Waals surface area contributed by atoms with E-state index in [2.05, 4.69) is 5.32 Å². The van der Waals surface area contributed by atoms with E-state index in [4.69, 9.17) is 9.84 Å². The van der Waals surface area contributed by atoms with E-state index in [1.165, 1.54) is 0 Å². The fourth-order valence-corrected chi connectivity index (χ4v) is 2.73. The SMILES string of the molecule is COc1ccc(NC(=O)CSCc2cccc(CO)c2)cc1. The summed E-state index contributed by atoms with van der Waals surface area (Å²) in [4.78, 5) is 11.9. The van der Waals surface area contributed by atoms with Crippen LogP contribution in [0.4, 0.5) is 5.69 Å². The highest BCUT2D eigenvalue weighted by molar-refractivity contribution is 7.99. The van der Waals surface area contributed by atoms with Crippen LogP contribution in [-0.4, -0.2) is 23.9 Å². The molecule has 4 nitrogen and oxygen atoms in total. The van der Waals surface area contributed by atoms with Crippen molar-refractivity contribution >= 4 is 23.4 Å². The van der Waals surface area contributed by atoms with Crippen LogP contribution in [0.5, 0.6) is 5.75 Å². The van der Waals surface area contributed by atoms with Gasteiger partial charge in [0.2, 0.25) is 5.91 Å². The molecular weight excluding hydrogens is 298 g/mol. The number of hydrogen-bond acceptors (Lipinski definition) is 4. The summed E-state index contributed by atoms with van der Waals surface area (Å²) in [5, 5.41) is 11.9. The highest BCUT2D eigenvalue weighted by Crippen LogP contribution is 2.17. The van der Waals surface area contributed by atoms with Crippen LogP contribution in [0.15, 0.2) is 48.5 Å². The first-order valence-corrected chi connectivity index (χ1v) is 8.07. The van der Waals surface area contributed by atoms with Crippen LogP contribution in [0.1, 0.15) is 11.1 Å².